The SMILES string of the molecule is CO[C@H](C(=O)N(C)Cc1ccc(Cl)c(-c2nc(-c3ccccc3)nc(=O)[nH]2)c1)C(F)(F)F. The quantitative estimate of drug-likeness (QED) is 0.598. The van der Waals surface area contributed by atoms with Crippen LogP contribution in [0.3, 0.4) is 0 Å². The van der Waals surface area contributed by atoms with Crippen molar-refractivity contribution in [2.24, 2.45) is 0 Å². The lowest BCUT2D eigenvalue weighted by molar-refractivity contribution is -0.217. The number of ether oxygens (including phenoxy) is 1. The van der Waals surface area contributed by atoms with Crippen LogP contribution < -0.4 is 5.69 Å². The number of nitrogens with zero attached hydrogens (tertiary/aromatic N) is 3. The fraction of sp³-hybridized carbons (Fsp3) is 0.238. The molecule has 7 nitrogen and oxygen atoms in total. The van der Waals surface area contributed by atoms with Gasteiger partial charge in [-0.3, -0.25) is 9.78 Å². The molecule has 3 aromatic rings. The molecule has 2 aromatic carbocycles. The first-order chi connectivity index (χ1) is 15.1. The maximum atomic E-state index is 13.0. The van der Waals surface area contributed by atoms with E-state index in [0.717, 1.165) is 12.0 Å². The van der Waals surface area contributed by atoms with Crippen molar-refractivity contribution in [3.63, 3.8) is 0 Å². The first-order valence-corrected chi connectivity index (χ1v) is 9.65. The zero-order chi connectivity index (χ0) is 23.5. The molecule has 0 aliphatic heterocycles. The highest BCUT2D eigenvalue weighted by molar-refractivity contribution is 6.33. The minimum absolute atomic E-state index is 0.134. The molecule has 0 saturated carbocycles. The number of amides is 1. The van der Waals surface area contributed by atoms with Gasteiger partial charge in [0.1, 0.15) is 5.82 Å². The van der Waals surface area contributed by atoms with Crippen LogP contribution in [0, 0.1) is 0 Å². The number of H-pyrrole nitrogens is 1. The predicted octanol–water partition coefficient (Wildman–Crippen LogP) is 3.69. The third-order valence-electron chi connectivity index (χ3n) is 4.52. The summed E-state index contributed by atoms with van der Waals surface area (Å²) in [5, 5.41) is 0.251. The molecule has 0 radical (unpaired) electrons. The Labute approximate surface area is 185 Å². The number of hydrogen-bond donors (Lipinski definition) is 1. The maximum absolute atomic E-state index is 13.0. The molecule has 0 spiro atoms. The summed E-state index contributed by atoms with van der Waals surface area (Å²) in [4.78, 5) is 35.9. The minimum atomic E-state index is -4.83. The highest BCUT2D eigenvalue weighted by Gasteiger charge is 2.46. The fourth-order valence-corrected chi connectivity index (χ4v) is 3.21. The summed E-state index contributed by atoms with van der Waals surface area (Å²) in [5.74, 6) is -0.917. The molecule has 0 bridgehead atoms. The summed E-state index contributed by atoms with van der Waals surface area (Å²) in [6.45, 7) is -0.153. The van der Waals surface area contributed by atoms with Crippen LogP contribution in [0.1, 0.15) is 5.56 Å². The van der Waals surface area contributed by atoms with E-state index in [1.54, 1.807) is 30.3 Å². The molecule has 1 amide bonds. The Morgan fingerprint density at radius 1 is 1.19 bits per heavy atom. The van der Waals surface area contributed by atoms with Gasteiger partial charge in [0, 0.05) is 31.8 Å². The zero-order valence-electron chi connectivity index (χ0n) is 17.0. The smallest absolute Gasteiger partial charge is 0.363 e. The van der Waals surface area contributed by atoms with Crippen LogP contribution in [0.5, 0.6) is 0 Å². The second-order valence-corrected chi connectivity index (χ2v) is 7.27. The number of hydrogen-bond acceptors (Lipinski definition) is 5. The summed E-state index contributed by atoms with van der Waals surface area (Å²) in [5.41, 5.74) is 0.782. The first-order valence-electron chi connectivity index (χ1n) is 9.27. The van der Waals surface area contributed by atoms with Gasteiger partial charge in [-0.05, 0) is 17.7 Å². The zero-order valence-corrected chi connectivity index (χ0v) is 17.7. The molecule has 0 unspecified atom stereocenters. The van der Waals surface area contributed by atoms with Crippen LogP contribution in [0.2, 0.25) is 5.02 Å². The molecule has 1 N–H and O–H groups in total. The number of benzene rings is 2. The van der Waals surface area contributed by atoms with Crippen molar-refractivity contribution in [2.45, 2.75) is 18.8 Å². The van der Waals surface area contributed by atoms with Crippen molar-refractivity contribution in [1.29, 1.82) is 0 Å². The van der Waals surface area contributed by atoms with E-state index in [1.165, 1.54) is 19.2 Å². The molecule has 1 aromatic heterocycles. The summed E-state index contributed by atoms with van der Waals surface area (Å²) in [7, 11) is 2.05. The molecule has 0 aliphatic rings. The summed E-state index contributed by atoms with van der Waals surface area (Å²) < 4.78 is 43.3. The van der Waals surface area contributed by atoms with Gasteiger partial charge < -0.3 is 9.64 Å². The molecule has 168 valence electrons. The number of rotatable bonds is 6. The van der Waals surface area contributed by atoms with Gasteiger partial charge >= 0.3 is 11.9 Å². The van der Waals surface area contributed by atoms with Crippen LogP contribution in [0.25, 0.3) is 22.8 Å². The highest BCUT2D eigenvalue weighted by atomic mass is 35.5. The van der Waals surface area contributed by atoms with Gasteiger partial charge in [0.2, 0.25) is 6.10 Å². The molecule has 0 saturated heterocycles. The highest BCUT2D eigenvalue weighted by Crippen LogP contribution is 2.28. The lowest BCUT2D eigenvalue weighted by Crippen LogP contribution is -2.45. The second-order valence-electron chi connectivity index (χ2n) is 6.86. The number of nitrogens with one attached hydrogen (secondary N) is 1. The van der Waals surface area contributed by atoms with Gasteiger partial charge in [0.25, 0.3) is 5.91 Å². The van der Waals surface area contributed by atoms with E-state index in [9.17, 15) is 22.8 Å². The van der Waals surface area contributed by atoms with Gasteiger partial charge in [0.05, 0.1) is 5.02 Å². The molecule has 11 heteroatoms. The number of methoxy groups -OCH3 is 1. The Kier molecular flexibility index (Phi) is 6.95. The lowest BCUT2D eigenvalue weighted by atomic mass is 10.1. The maximum Gasteiger partial charge on any atom is 0.423 e. The van der Waals surface area contributed by atoms with E-state index < -0.39 is 23.9 Å². The Bertz CT molecular complexity index is 1170. The average molecular weight is 467 g/mol. The summed E-state index contributed by atoms with van der Waals surface area (Å²) >= 11 is 6.28. The lowest BCUT2D eigenvalue weighted by Gasteiger charge is -2.24. The third-order valence-corrected chi connectivity index (χ3v) is 4.85. The van der Waals surface area contributed by atoms with Crippen molar-refractivity contribution in [2.75, 3.05) is 14.2 Å². The first kappa shape index (κ1) is 23.4. The standard InChI is InChI=1S/C21H18ClF3N4O3/c1-29(19(30)16(32-2)21(23,24)25)11-12-8-9-15(22)14(10-12)18-26-17(27-20(31)28-18)13-6-4-3-5-7-13/h3-10,16H,11H2,1-2H3,(H,26,27,28,31)/t16-/m1/s1. The van der Waals surface area contributed by atoms with Gasteiger partial charge in [-0.2, -0.15) is 18.2 Å². The van der Waals surface area contributed by atoms with Gasteiger partial charge in [-0.1, -0.05) is 48.0 Å². The molecular weight excluding hydrogens is 449 g/mol. The van der Waals surface area contributed by atoms with E-state index in [0.29, 0.717) is 16.7 Å². The number of likely N-dealkylation sites (N-methyl/N-ethyl adjacent to an activating group) is 1. The third kappa shape index (κ3) is 5.32. The largest absolute Gasteiger partial charge is 0.423 e. The Morgan fingerprint density at radius 2 is 1.88 bits per heavy atom. The number of carbonyl (C=O) groups excluding carboxylic acids is 1. The van der Waals surface area contributed by atoms with Crippen LogP contribution in [0.4, 0.5) is 13.2 Å². The average Bonchev–Trinajstić information content (AvgIpc) is 2.74. The topological polar surface area (TPSA) is 88.2 Å². The molecule has 0 fully saturated rings. The minimum Gasteiger partial charge on any atom is -0.363 e. The van der Waals surface area contributed by atoms with Crippen molar-refractivity contribution in [3.8, 4) is 22.8 Å². The molecule has 1 atom stereocenters. The summed E-state index contributed by atoms with van der Waals surface area (Å²) in [6, 6.07) is 13.4. The number of halogens is 4. The molecule has 1 heterocycles. The number of carbonyl (C=O) groups is 1. The van der Waals surface area contributed by atoms with Crippen molar-refractivity contribution >= 4 is 17.5 Å². The molecular formula is C21H18ClF3N4O3. The predicted molar refractivity (Wildman–Crippen MR) is 112 cm³/mol. The monoisotopic (exact) mass is 466 g/mol. The molecule has 3 rings (SSSR count). The van der Waals surface area contributed by atoms with E-state index in [2.05, 4.69) is 19.7 Å². The van der Waals surface area contributed by atoms with Crippen molar-refractivity contribution in [3.05, 3.63) is 69.6 Å². The molecule has 0 aliphatic carbocycles. The summed E-state index contributed by atoms with van der Waals surface area (Å²) in [6.07, 6.45) is -7.40. The number of aromatic nitrogens is 3. The Morgan fingerprint density at radius 3 is 2.50 bits per heavy atom. The van der Waals surface area contributed by atoms with E-state index in [4.69, 9.17) is 11.6 Å². The van der Waals surface area contributed by atoms with Crippen LogP contribution in [-0.2, 0) is 16.1 Å². The van der Waals surface area contributed by atoms with Crippen LogP contribution in [0.15, 0.2) is 53.3 Å². The normalized spacial score (nSPS) is 12.4. The van der Waals surface area contributed by atoms with Crippen molar-refractivity contribution in [1.82, 2.24) is 19.9 Å². The van der Waals surface area contributed by atoms with Crippen molar-refractivity contribution < 1.29 is 22.7 Å². The van der Waals surface area contributed by atoms with Gasteiger partial charge in [-0.15, -0.1) is 0 Å². The number of alkyl halides is 3. The van der Waals surface area contributed by atoms with E-state index >= 15 is 0 Å². The van der Waals surface area contributed by atoms with E-state index in [1.807, 2.05) is 6.07 Å². The number of aromatic amines is 1. The second kappa shape index (κ2) is 9.49. The Balaban J connectivity index is 1.92. The van der Waals surface area contributed by atoms with E-state index in [-0.39, 0.29) is 23.2 Å². The van der Waals surface area contributed by atoms with Gasteiger partial charge in [-0.25, -0.2) is 9.78 Å². The Hall–Kier alpha value is -3.24. The molecule has 32 heavy (non-hydrogen) atoms. The van der Waals surface area contributed by atoms with Crippen LogP contribution in [-0.4, -0.2) is 52.2 Å². The fourth-order valence-electron chi connectivity index (χ4n) is 3.01. The van der Waals surface area contributed by atoms with Gasteiger partial charge in [0.15, 0.2) is 5.82 Å². The van der Waals surface area contributed by atoms with Crippen LogP contribution >= 0.6 is 11.6 Å².